The molecule has 1 saturated heterocycles. The number of benzene rings is 1. The third-order valence-corrected chi connectivity index (χ3v) is 3.20. The van der Waals surface area contributed by atoms with Crippen LogP contribution in [0.25, 0.3) is 0 Å². The van der Waals surface area contributed by atoms with Gasteiger partial charge in [-0.05, 0) is 36.0 Å². The highest BCUT2D eigenvalue weighted by atomic mass is 15.1. The molecule has 0 aliphatic carbocycles. The van der Waals surface area contributed by atoms with Crippen molar-refractivity contribution in [1.82, 2.24) is 0 Å². The van der Waals surface area contributed by atoms with E-state index in [4.69, 9.17) is 0 Å². The molecule has 0 saturated carbocycles. The van der Waals surface area contributed by atoms with Crippen LogP contribution in [0.4, 0.5) is 5.69 Å². The van der Waals surface area contributed by atoms with Crippen molar-refractivity contribution in [3.05, 3.63) is 29.8 Å². The summed E-state index contributed by atoms with van der Waals surface area (Å²) in [6.45, 7) is 9.25. The van der Waals surface area contributed by atoms with Crippen molar-refractivity contribution >= 4 is 5.69 Å². The predicted octanol–water partition coefficient (Wildman–Crippen LogP) is 3.58. The SMILES string of the molecule is CC(C)(C)c1ccc(N2CCCC2)cc1. The van der Waals surface area contributed by atoms with Crippen LogP contribution in [0.1, 0.15) is 39.2 Å². The zero-order valence-electron chi connectivity index (χ0n) is 10.1. The molecule has 0 radical (unpaired) electrons. The van der Waals surface area contributed by atoms with Gasteiger partial charge in [0.2, 0.25) is 0 Å². The van der Waals surface area contributed by atoms with Crippen LogP contribution in [0.5, 0.6) is 0 Å². The smallest absolute Gasteiger partial charge is 0.0366 e. The third kappa shape index (κ3) is 2.34. The second-order valence-electron chi connectivity index (χ2n) is 5.49. The lowest BCUT2D eigenvalue weighted by molar-refractivity contribution is 0.590. The molecule has 1 fully saturated rings. The number of anilines is 1. The molecule has 1 nitrogen and oxygen atoms in total. The van der Waals surface area contributed by atoms with Crippen LogP contribution in [-0.2, 0) is 5.41 Å². The summed E-state index contributed by atoms with van der Waals surface area (Å²) < 4.78 is 0. The maximum Gasteiger partial charge on any atom is 0.0366 e. The van der Waals surface area contributed by atoms with Gasteiger partial charge in [-0.2, -0.15) is 0 Å². The second-order valence-corrected chi connectivity index (χ2v) is 5.49. The molecule has 0 aromatic heterocycles. The highest BCUT2D eigenvalue weighted by molar-refractivity contribution is 5.49. The highest BCUT2D eigenvalue weighted by Crippen LogP contribution is 2.26. The van der Waals surface area contributed by atoms with E-state index in [-0.39, 0.29) is 5.41 Å². The molecular weight excluding hydrogens is 182 g/mol. The van der Waals surface area contributed by atoms with Gasteiger partial charge in [-0.15, -0.1) is 0 Å². The first kappa shape index (κ1) is 10.5. The number of rotatable bonds is 1. The average Bonchev–Trinajstić information content (AvgIpc) is 2.69. The van der Waals surface area contributed by atoms with Crippen LogP contribution in [0.3, 0.4) is 0 Å². The van der Waals surface area contributed by atoms with E-state index >= 15 is 0 Å². The van der Waals surface area contributed by atoms with Crippen LogP contribution < -0.4 is 4.90 Å². The number of hydrogen-bond acceptors (Lipinski definition) is 1. The van der Waals surface area contributed by atoms with Gasteiger partial charge in [0.25, 0.3) is 0 Å². The summed E-state index contributed by atoms with van der Waals surface area (Å²) in [6, 6.07) is 9.08. The van der Waals surface area contributed by atoms with E-state index in [1.54, 1.807) is 0 Å². The molecule has 2 rings (SSSR count). The third-order valence-electron chi connectivity index (χ3n) is 3.20. The first-order valence-electron chi connectivity index (χ1n) is 5.93. The molecule has 1 aromatic carbocycles. The van der Waals surface area contributed by atoms with E-state index < -0.39 is 0 Å². The van der Waals surface area contributed by atoms with Crippen molar-refractivity contribution in [3.8, 4) is 0 Å². The van der Waals surface area contributed by atoms with Gasteiger partial charge in [0, 0.05) is 18.8 Å². The van der Waals surface area contributed by atoms with Crippen molar-refractivity contribution in [2.24, 2.45) is 0 Å². The lowest BCUT2D eigenvalue weighted by Gasteiger charge is -2.22. The summed E-state index contributed by atoms with van der Waals surface area (Å²) in [7, 11) is 0. The molecule has 0 bridgehead atoms. The minimum atomic E-state index is 0.267. The Bertz CT molecular complexity index is 312. The average molecular weight is 203 g/mol. The van der Waals surface area contributed by atoms with E-state index in [2.05, 4.69) is 49.9 Å². The Kier molecular flexibility index (Phi) is 2.72. The van der Waals surface area contributed by atoms with E-state index in [0.29, 0.717) is 0 Å². The zero-order chi connectivity index (χ0) is 10.9. The fraction of sp³-hybridized carbons (Fsp3) is 0.571. The summed E-state index contributed by atoms with van der Waals surface area (Å²) in [5.41, 5.74) is 3.08. The van der Waals surface area contributed by atoms with Crippen LogP contribution in [0, 0.1) is 0 Å². The monoisotopic (exact) mass is 203 g/mol. The summed E-state index contributed by atoms with van der Waals surface area (Å²) in [5, 5.41) is 0. The molecule has 1 heteroatoms. The molecule has 1 heterocycles. The minimum absolute atomic E-state index is 0.267. The standard InChI is InChI=1S/C14H21N/c1-14(2,3)12-6-8-13(9-7-12)15-10-4-5-11-15/h6-9H,4-5,10-11H2,1-3H3. The number of hydrogen-bond donors (Lipinski definition) is 0. The van der Waals surface area contributed by atoms with E-state index in [1.165, 1.54) is 37.2 Å². The maximum atomic E-state index is 2.48. The minimum Gasteiger partial charge on any atom is -0.372 e. The largest absolute Gasteiger partial charge is 0.372 e. The van der Waals surface area contributed by atoms with Crippen LogP contribution in [0.2, 0.25) is 0 Å². The molecule has 1 aliphatic heterocycles. The molecule has 1 aliphatic rings. The van der Waals surface area contributed by atoms with Gasteiger partial charge in [0.15, 0.2) is 0 Å². The summed E-state index contributed by atoms with van der Waals surface area (Å²) >= 11 is 0. The topological polar surface area (TPSA) is 3.24 Å². The molecule has 15 heavy (non-hydrogen) atoms. The zero-order valence-corrected chi connectivity index (χ0v) is 10.1. The van der Waals surface area contributed by atoms with Crippen LogP contribution >= 0.6 is 0 Å². The Hall–Kier alpha value is -0.980. The Labute approximate surface area is 93.1 Å². The quantitative estimate of drug-likeness (QED) is 0.674. The van der Waals surface area contributed by atoms with Gasteiger partial charge in [0.05, 0.1) is 0 Å². The van der Waals surface area contributed by atoms with E-state index in [9.17, 15) is 0 Å². The van der Waals surface area contributed by atoms with Crippen molar-refractivity contribution < 1.29 is 0 Å². The Morgan fingerprint density at radius 3 is 1.93 bits per heavy atom. The van der Waals surface area contributed by atoms with E-state index in [1.807, 2.05) is 0 Å². The lowest BCUT2D eigenvalue weighted by atomic mass is 9.87. The normalized spacial score (nSPS) is 17.1. The van der Waals surface area contributed by atoms with Crippen molar-refractivity contribution in [1.29, 1.82) is 0 Å². The Morgan fingerprint density at radius 2 is 1.47 bits per heavy atom. The molecule has 0 atom stereocenters. The molecule has 0 amide bonds. The molecular formula is C14H21N. The van der Waals surface area contributed by atoms with Crippen molar-refractivity contribution in [2.45, 2.75) is 39.0 Å². The first-order valence-corrected chi connectivity index (χ1v) is 5.93. The van der Waals surface area contributed by atoms with Gasteiger partial charge in [-0.3, -0.25) is 0 Å². The fourth-order valence-electron chi connectivity index (χ4n) is 2.15. The van der Waals surface area contributed by atoms with Gasteiger partial charge in [-0.25, -0.2) is 0 Å². The van der Waals surface area contributed by atoms with Crippen molar-refractivity contribution in [2.75, 3.05) is 18.0 Å². The second kappa shape index (κ2) is 3.88. The fourth-order valence-corrected chi connectivity index (χ4v) is 2.15. The van der Waals surface area contributed by atoms with Gasteiger partial charge < -0.3 is 4.90 Å². The molecule has 82 valence electrons. The Morgan fingerprint density at radius 1 is 0.933 bits per heavy atom. The molecule has 0 unspecified atom stereocenters. The Balaban J connectivity index is 2.16. The highest BCUT2D eigenvalue weighted by Gasteiger charge is 2.15. The summed E-state index contributed by atoms with van der Waals surface area (Å²) in [4.78, 5) is 2.48. The van der Waals surface area contributed by atoms with Gasteiger partial charge in [-0.1, -0.05) is 32.9 Å². The predicted molar refractivity (Wildman–Crippen MR) is 66.6 cm³/mol. The van der Waals surface area contributed by atoms with Crippen LogP contribution in [-0.4, -0.2) is 13.1 Å². The van der Waals surface area contributed by atoms with Gasteiger partial charge in [0.1, 0.15) is 0 Å². The van der Waals surface area contributed by atoms with Gasteiger partial charge >= 0.3 is 0 Å². The maximum absolute atomic E-state index is 2.48. The van der Waals surface area contributed by atoms with Crippen LogP contribution in [0.15, 0.2) is 24.3 Å². The summed E-state index contributed by atoms with van der Waals surface area (Å²) in [5.74, 6) is 0. The lowest BCUT2D eigenvalue weighted by Crippen LogP contribution is -2.18. The molecule has 0 N–H and O–H groups in total. The van der Waals surface area contributed by atoms with Crippen molar-refractivity contribution in [3.63, 3.8) is 0 Å². The summed E-state index contributed by atoms with van der Waals surface area (Å²) in [6.07, 6.45) is 2.70. The first-order chi connectivity index (χ1) is 7.07. The molecule has 0 spiro atoms. The molecule has 1 aromatic rings. The van der Waals surface area contributed by atoms with E-state index in [0.717, 1.165) is 0 Å². The number of nitrogens with zero attached hydrogens (tertiary/aromatic N) is 1.